The number of aryl methyl sites for hydroxylation is 1. The predicted octanol–water partition coefficient (Wildman–Crippen LogP) is 2.14. The number of ether oxygens (including phenoxy) is 2. The van der Waals surface area contributed by atoms with Gasteiger partial charge in [0.05, 0.1) is 19.8 Å². The van der Waals surface area contributed by atoms with E-state index < -0.39 is 0 Å². The van der Waals surface area contributed by atoms with Gasteiger partial charge in [-0.25, -0.2) is 0 Å². The van der Waals surface area contributed by atoms with E-state index in [9.17, 15) is 9.59 Å². The first-order valence-corrected chi connectivity index (χ1v) is 10.0. The standard InChI is InChI=1S/C21H28N4O4/c1-3-28-18-9-7-8-16-14-25(21(27)17-10-12-23-24(17)2)15-19(26)22-11-5-4-6-13-29-20(16)18/h7-10,12H,3-6,11,13-15H2,1-2H3,(H,22,26). The highest BCUT2D eigenvalue weighted by molar-refractivity contribution is 5.95. The SMILES string of the molecule is CCOc1cccc2c1OCCCCCNC(=O)CN(C(=O)c1ccnn1C)C2. The number of nitrogens with one attached hydrogen (secondary N) is 1. The summed E-state index contributed by atoms with van der Waals surface area (Å²) in [5.74, 6) is 0.847. The van der Waals surface area contributed by atoms with Crippen molar-refractivity contribution in [3.05, 3.63) is 41.7 Å². The third-order valence-electron chi connectivity index (χ3n) is 4.77. The maximum absolute atomic E-state index is 13.1. The molecule has 2 aromatic rings. The van der Waals surface area contributed by atoms with E-state index in [2.05, 4.69) is 10.4 Å². The highest BCUT2D eigenvalue weighted by Crippen LogP contribution is 2.33. The fraction of sp³-hybridized carbons (Fsp3) is 0.476. The van der Waals surface area contributed by atoms with Gasteiger partial charge in [0.25, 0.3) is 5.91 Å². The molecule has 0 saturated carbocycles. The summed E-state index contributed by atoms with van der Waals surface area (Å²) < 4.78 is 13.3. The molecule has 0 fully saturated rings. The minimum absolute atomic E-state index is 0.0394. The quantitative estimate of drug-likeness (QED) is 0.853. The Labute approximate surface area is 170 Å². The van der Waals surface area contributed by atoms with Gasteiger partial charge in [-0.3, -0.25) is 14.3 Å². The number of nitrogens with zero attached hydrogens (tertiary/aromatic N) is 3. The van der Waals surface area contributed by atoms with E-state index in [1.54, 1.807) is 19.3 Å². The van der Waals surface area contributed by atoms with Gasteiger partial charge in [-0.2, -0.15) is 5.10 Å². The second kappa shape index (κ2) is 9.95. The lowest BCUT2D eigenvalue weighted by Gasteiger charge is -2.24. The van der Waals surface area contributed by atoms with Gasteiger partial charge in [0.15, 0.2) is 11.5 Å². The third kappa shape index (κ3) is 5.28. The summed E-state index contributed by atoms with van der Waals surface area (Å²) in [5.41, 5.74) is 1.23. The Morgan fingerprint density at radius 2 is 2.10 bits per heavy atom. The smallest absolute Gasteiger partial charge is 0.272 e. The van der Waals surface area contributed by atoms with Gasteiger partial charge < -0.3 is 19.7 Å². The number of aromatic nitrogens is 2. The maximum Gasteiger partial charge on any atom is 0.272 e. The second-order valence-corrected chi connectivity index (χ2v) is 6.94. The first kappa shape index (κ1) is 20.7. The van der Waals surface area contributed by atoms with Crippen LogP contribution in [0.15, 0.2) is 30.5 Å². The number of rotatable bonds is 3. The topological polar surface area (TPSA) is 85.7 Å². The molecule has 0 radical (unpaired) electrons. The van der Waals surface area contributed by atoms with Gasteiger partial charge in [-0.05, 0) is 38.3 Å². The molecule has 0 saturated heterocycles. The number of amides is 2. The van der Waals surface area contributed by atoms with Crippen LogP contribution in [0, 0.1) is 0 Å². The Hall–Kier alpha value is -3.03. The normalized spacial score (nSPS) is 15.8. The molecule has 0 bridgehead atoms. The lowest BCUT2D eigenvalue weighted by molar-refractivity contribution is -0.121. The molecule has 3 rings (SSSR count). The van der Waals surface area contributed by atoms with Gasteiger partial charge in [0.1, 0.15) is 12.2 Å². The Bertz CT molecular complexity index is 849. The average Bonchev–Trinajstić information content (AvgIpc) is 3.13. The highest BCUT2D eigenvalue weighted by Gasteiger charge is 2.24. The van der Waals surface area contributed by atoms with Gasteiger partial charge >= 0.3 is 0 Å². The highest BCUT2D eigenvalue weighted by atomic mass is 16.5. The van der Waals surface area contributed by atoms with E-state index in [1.807, 2.05) is 25.1 Å². The molecule has 0 aliphatic carbocycles. The lowest BCUT2D eigenvalue weighted by atomic mass is 10.1. The van der Waals surface area contributed by atoms with Crippen molar-refractivity contribution in [3.8, 4) is 11.5 Å². The Morgan fingerprint density at radius 1 is 1.24 bits per heavy atom. The van der Waals surface area contributed by atoms with Crippen molar-refractivity contribution in [1.82, 2.24) is 20.0 Å². The number of benzene rings is 1. The van der Waals surface area contributed by atoms with Crippen LogP contribution < -0.4 is 14.8 Å². The van der Waals surface area contributed by atoms with Gasteiger partial charge in [0.2, 0.25) is 5.91 Å². The molecule has 8 nitrogen and oxygen atoms in total. The van der Waals surface area contributed by atoms with E-state index in [1.165, 1.54) is 9.58 Å². The van der Waals surface area contributed by atoms with E-state index in [-0.39, 0.29) is 24.9 Å². The van der Waals surface area contributed by atoms with Crippen molar-refractivity contribution >= 4 is 11.8 Å². The largest absolute Gasteiger partial charge is 0.490 e. The van der Waals surface area contributed by atoms with Crippen LogP contribution in [0.4, 0.5) is 0 Å². The Kier molecular flexibility index (Phi) is 7.10. The molecule has 1 aliphatic rings. The van der Waals surface area contributed by atoms with E-state index >= 15 is 0 Å². The van der Waals surface area contributed by atoms with E-state index in [4.69, 9.17) is 9.47 Å². The summed E-state index contributed by atoms with van der Waals surface area (Å²) in [5, 5.41) is 6.97. The molecule has 0 atom stereocenters. The van der Waals surface area contributed by atoms with Gasteiger partial charge in [-0.15, -0.1) is 0 Å². The Morgan fingerprint density at radius 3 is 2.86 bits per heavy atom. The molecule has 1 aromatic carbocycles. The molecular formula is C21H28N4O4. The number of carbonyl (C=O) groups excluding carboxylic acids is 2. The van der Waals surface area contributed by atoms with Crippen LogP contribution in [0.25, 0.3) is 0 Å². The van der Waals surface area contributed by atoms with Crippen molar-refractivity contribution in [2.75, 3.05) is 26.3 Å². The van der Waals surface area contributed by atoms with Crippen LogP contribution in [-0.2, 0) is 18.4 Å². The molecule has 156 valence electrons. The molecule has 0 spiro atoms. The van der Waals surface area contributed by atoms with Crippen LogP contribution >= 0.6 is 0 Å². The molecule has 29 heavy (non-hydrogen) atoms. The van der Waals surface area contributed by atoms with Gasteiger partial charge in [-0.1, -0.05) is 12.1 Å². The lowest BCUT2D eigenvalue weighted by Crippen LogP contribution is -2.41. The number of fused-ring (bicyclic) bond motifs is 1. The first-order valence-electron chi connectivity index (χ1n) is 10.0. The summed E-state index contributed by atoms with van der Waals surface area (Å²) in [6.45, 7) is 3.77. The fourth-order valence-electron chi connectivity index (χ4n) is 3.30. The zero-order valence-corrected chi connectivity index (χ0v) is 17.0. The molecule has 1 N–H and O–H groups in total. The number of hydrogen-bond acceptors (Lipinski definition) is 5. The predicted molar refractivity (Wildman–Crippen MR) is 108 cm³/mol. The monoisotopic (exact) mass is 400 g/mol. The number of carbonyl (C=O) groups is 2. The second-order valence-electron chi connectivity index (χ2n) is 6.94. The van der Waals surface area contributed by atoms with Crippen LogP contribution in [0.2, 0.25) is 0 Å². The van der Waals surface area contributed by atoms with E-state index in [0.29, 0.717) is 37.0 Å². The summed E-state index contributed by atoms with van der Waals surface area (Å²) in [7, 11) is 1.71. The van der Waals surface area contributed by atoms with Crippen LogP contribution in [0.3, 0.4) is 0 Å². The van der Waals surface area contributed by atoms with Crippen molar-refractivity contribution in [3.63, 3.8) is 0 Å². The molecule has 1 aromatic heterocycles. The van der Waals surface area contributed by atoms with Gasteiger partial charge in [0, 0.05) is 25.4 Å². The zero-order chi connectivity index (χ0) is 20.6. The van der Waals surface area contributed by atoms with Crippen LogP contribution in [0.1, 0.15) is 42.2 Å². The maximum atomic E-state index is 13.1. The fourth-order valence-corrected chi connectivity index (χ4v) is 3.30. The van der Waals surface area contributed by atoms with Crippen molar-refractivity contribution < 1.29 is 19.1 Å². The summed E-state index contributed by atoms with van der Waals surface area (Å²) >= 11 is 0. The average molecular weight is 400 g/mol. The summed E-state index contributed by atoms with van der Waals surface area (Å²) in [6, 6.07) is 7.28. The summed E-state index contributed by atoms with van der Waals surface area (Å²) in [6.07, 6.45) is 4.26. The molecule has 2 heterocycles. The van der Waals surface area contributed by atoms with Crippen molar-refractivity contribution in [2.24, 2.45) is 7.05 Å². The molecule has 2 amide bonds. The zero-order valence-electron chi connectivity index (χ0n) is 17.0. The number of para-hydroxylation sites is 1. The van der Waals surface area contributed by atoms with Crippen LogP contribution in [0.5, 0.6) is 11.5 Å². The third-order valence-corrected chi connectivity index (χ3v) is 4.77. The Balaban J connectivity index is 1.95. The van der Waals surface area contributed by atoms with Crippen molar-refractivity contribution in [2.45, 2.75) is 32.7 Å². The molecule has 0 unspecified atom stereocenters. The molecule has 1 aliphatic heterocycles. The van der Waals surface area contributed by atoms with E-state index in [0.717, 1.165) is 24.8 Å². The molecule has 8 heteroatoms. The van der Waals surface area contributed by atoms with Crippen molar-refractivity contribution in [1.29, 1.82) is 0 Å². The van der Waals surface area contributed by atoms with Crippen LogP contribution in [-0.4, -0.2) is 52.8 Å². The minimum Gasteiger partial charge on any atom is -0.490 e. The number of hydrogen-bond donors (Lipinski definition) is 1. The minimum atomic E-state index is -0.261. The summed E-state index contributed by atoms with van der Waals surface area (Å²) in [4.78, 5) is 27.1. The first-order chi connectivity index (χ1) is 14.1. The molecular weight excluding hydrogens is 372 g/mol.